The van der Waals surface area contributed by atoms with Crippen LogP contribution in [0.5, 0.6) is 0 Å². The number of hydrogen-bond acceptors (Lipinski definition) is 4. The first kappa shape index (κ1) is 15.3. The summed E-state index contributed by atoms with van der Waals surface area (Å²) in [5.41, 5.74) is 14.4. The number of benzene rings is 1. The van der Waals surface area contributed by atoms with Gasteiger partial charge in [0.05, 0.1) is 12.2 Å². The highest BCUT2D eigenvalue weighted by Crippen LogP contribution is 2.39. The molecule has 0 saturated carbocycles. The summed E-state index contributed by atoms with van der Waals surface area (Å²) in [4.78, 5) is 11.7. The molecule has 0 aliphatic heterocycles. The lowest BCUT2D eigenvalue weighted by molar-refractivity contribution is 0.0526. The van der Waals surface area contributed by atoms with Gasteiger partial charge < -0.3 is 16.2 Å². The second kappa shape index (κ2) is 5.51. The first-order chi connectivity index (χ1) is 8.71. The summed E-state index contributed by atoms with van der Waals surface area (Å²) in [5.74, 6) is -0.0136. The fraction of sp³-hybridized carbons (Fsp3) is 0.533. The summed E-state index contributed by atoms with van der Waals surface area (Å²) < 4.78 is 4.96. The van der Waals surface area contributed by atoms with Crippen molar-refractivity contribution < 1.29 is 9.53 Å². The Balaban J connectivity index is 3.29. The molecule has 0 unspecified atom stereocenters. The van der Waals surface area contributed by atoms with E-state index in [9.17, 15) is 4.79 Å². The molecule has 4 heteroatoms. The standard InChI is InChI=1S/C15H24N2O2/c1-6-19-14(18)10-7-11(16)13(12(17)8-10)15(4,5)9(2)3/h7-9H,6,16-17H2,1-5H3. The Bertz CT molecular complexity index is 456. The van der Waals surface area contributed by atoms with Crippen LogP contribution in [0.4, 0.5) is 11.4 Å². The third-order valence-corrected chi connectivity index (χ3v) is 3.80. The van der Waals surface area contributed by atoms with E-state index in [2.05, 4.69) is 27.7 Å². The normalized spacial score (nSPS) is 11.7. The van der Waals surface area contributed by atoms with Crippen LogP contribution in [0, 0.1) is 5.92 Å². The number of carbonyl (C=O) groups is 1. The smallest absolute Gasteiger partial charge is 0.338 e. The molecule has 0 heterocycles. The number of ether oxygens (including phenoxy) is 1. The van der Waals surface area contributed by atoms with Crippen molar-refractivity contribution in [1.82, 2.24) is 0 Å². The van der Waals surface area contributed by atoms with Crippen LogP contribution in [0.3, 0.4) is 0 Å². The minimum Gasteiger partial charge on any atom is -0.462 e. The number of carbonyl (C=O) groups excluding carboxylic acids is 1. The fourth-order valence-corrected chi connectivity index (χ4v) is 2.05. The second-order valence-corrected chi connectivity index (χ2v) is 5.63. The molecule has 0 bridgehead atoms. The Morgan fingerprint density at radius 3 is 2.11 bits per heavy atom. The fourth-order valence-electron chi connectivity index (χ4n) is 2.05. The van der Waals surface area contributed by atoms with Crippen LogP contribution in [-0.4, -0.2) is 12.6 Å². The summed E-state index contributed by atoms with van der Waals surface area (Å²) >= 11 is 0. The van der Waals surface area contributed by atoms with Gasteiger partial charge in [0.1, 0.15) is 0 Å². The molecule has 1 aromatic carbocycles. The SMILES string of the molecule is CCOC(=O)c1cc(N)c(C(C)(C)C(C)C)c(N)c1. The Kier molecular flexibility index (Phi) is 4.45. The van der Waals surface area contributed by atoms with E-state index in [0.29, 0.717) is 29.5 Å². The average molecular weight is 264 g/mol. The van der Waals surface area contributed by atoms with Gasteiger partial charge >= 0.3 is 5.97 Å². The van der Waals surface area contributed by atoms with Crippen LogP contribution in [0.15, 0.2) is 12.1 Å². The average Bonchev–Trinajstić information content (AvgIpc) is 2.27. The largest absolute Gasteiger partial charge is 0.462 e. The maximum absolute atomic E-state index is 11.7. The molecule has 0 aromatic heterocycles. The van der Waals surface area contributed by atoms with Gasteiger partial charge in [0.2, 0.25) is 0 Å². The maximum atomic E-state index is 11.7. The predicted octanol–water partition coefficient (Wildman–Crippen LogP) is 2.96. The van der Waals surface area contributed by atoms with Crippen molar-refractivity contribution in [2.45, 2.75) is 40.0 Å². The quantitative estimate of drug-likeness (QED) is 0.647. The highest BCUT2D eigenvalue weighted by Gasteiger charge is 2.29. The third-order valence-electron chi connectivity index (χ3n) is 3.80. The summed E-state index contributed by atoms with van der Waals surface area (Å²) in [7, 11) is 0. The van der Waals surface area contributed by atoms with Gasteiger partial charge in [0.15, 0.2) is 0 Å². The lowest BCUT2D eigenvalue weighted by atomic mass is 9.73. The zero-order chi connectivity index (χ0) is 14.8. The Labute approximate surface area is 115 Å². The van der Waals surface area contributed by atoms with E-state index in [0.717, 1.165) is 5.56 Å². The summed E-state index contributed by atoms with van der Waals surface area (Å²) in [6, 6.07) is 3.29. The maximum Gasteiger partial charge on any atom is 0.338 e. The molecule has 1 rings (SSSR count). The van der Waals surface area contributed by atoms with Gasteiger partial charge in [0, 0.05) is 16.9 Å². The van der Waals surface area contributed by atoms with Crippen molar-refractivity contribution in [2.75, 3.05) is 18.1 Å². The monoisotopic (exact) mass is 264 g/mol. The molecule has 0 aliphatic rings. The number of nitrogen functional groups attached to an aromatic ring is 2. The van der Waals surface area contributed by atoms with Crippen molar-refractivity contribution in [3.05, 3.63) is 23.3 Å². The van der Waals surface area contributed by atoms with Gasteiger partial charge in [0.25, 0.3) is 0 Å². The number of esters is 1. The zero-order valence-electron chi connectivity index (χ0n) is 12.4. The van der Waals surface area contributed by atoms with E-state index < -0.39 is 5.97 Å². The molecule has 0 amide bonds. The van der Waals surface area contributed by atoms with E-state index in [1.165, 1.54) is 0 Å². The van der Waals surface area contributed by atoms with Crippen LogP contribution in [-0.2, 0) is 10.2 Å². The molecular formula is C15H24N2O2. The molecule has 0 spiro atoms. The molecule has 0 fully saturated rings. The molecule has 0 aliphatic carbocycles. The molecule has 1 aromatic rings. The van der Waals surface area contributed by atoms with Crippen molar-refractivity contribution >= 4 is 17.3 Å². The van der Waals surface area contributed by atoms with Gasteiger partial charge in [-0.25, -0.2) is 4.79 Å². The van der Waals surface area contributed by atoms with Crippen LogP contribution in [0.2, 0.25) is 0 Å². The van der Waals surface area contributed by atoms with E-state index in [1.54, 1.807) is 19.1 Å². The molecule has 106 valence electrons. The Morgan fingerprint density at radius 1 is 1.26 bits per heavy atom. The van der Waals surface area contributed by atoms with Gasteiger partial charge in [-0.05, 0) is 30.4 Å². The first-order valence-corrected chi connectivity index (χ1v) is 6.58. The first-order valence-electron chi connectivity index (χ1n) is 6.58. The number of nitrogens with two attached hydrogens (primary N) is 2. The number of anilines is 2. The van der Waals surface area contributed by atoms with Crippen molar-refractivity contribution in [3.8, 4) is 0 Å². The van der Waals surface area contributed by atoms with Crippen LogP contribution >= 0.6 is 0 Å². The lowest BCUT2D eigenvalue weighted by Crippen LogP contribution is -2.27. The second-order valence-electron chi connectivity index (χ2n) is 5.63. The number of hydrogen-bond donors (Lipinski definition) is 2. The molecule has 4 nitrogen and oxygen atoms in total. The van der Waals surface area contributed by atoms with E-state index in [4.69, 9.17) is 16.2 Å². The summed E-state index contributed by atoms with van der Waals surface area (Å²) in [6.07, 6.45) is 0. The molecule has 4 N–H and O–H groups in total. The van der Waals surface area contributed by atoms with Gasteiger partial charge in [-0.3, -0.25) is 0 Å². The minimum absolute atomic E-state index is 0.151. The summed E-state index contributed by atoms with van der Waals surface area (Å²) in [6.45, 7) is 10.5. The molecule has 0 saturated heterocycles. The van der Waals surface area contributed by atoms with Crippen LogP contribution in [0.1, 0.15) is 50.5 Å². The van der Waals surface area contributed by atoms with E-state index >= 15 is 0 Å². The van der Waals surface area contributed by atoms with Gasteiger partial charge in [-0.15, -0.1) is 0 Å². The molecular weight excluding hydrogens is 240 g/mol. The lowest BCUT2D eigenvalue weighted by Gasteiger charge is -2.32. The third kappa shape index (κ3) is 3.00. The van der Waals surface area contributed by atoms with Gasteiger partial charge in [-0.1, -0.05) is 27.7 Å². The van der Waals surface area contributed by atoms with Crippen molar-refractivity contribution in [3.63, 3.8) is 0 Å². The van der Waals surface area contributed by atoms with Gasteiger partial charge in [-0.2, -0.15) is 0 Å². The summed E-state index contributed by atoms with van der Waals surface area (Å²) in [5, 5.41) is 0. The highest BCUT2D eigenvalue weighted by molar-refractivity contribution is 5.92. The molecule has 0 atom stereocenters. The molecule has 19 heavy (non-hydrogen) atoms. The highest BCUT2D eigenvalue weighted by atomic mass is 16.5. The van der Waals surface area contributed by atoms with Crippen molar-refractivity contribution in [1.29, 1.82) is 0 Å². The Morgan fingerprint density at radius 2 is 1.74 bits per heavy atom. The zero-order valence-corrected chi connectivity index (χ0v) is 12.4. The molecule has 0 radical (unpaired) electrons. The van der Waals surface area contributed by atoms with E-state index in [-0.39, 0.29) is 5.41 Å². The predicted molar refractivity (Wildman–Crippen MR) is 79.1 cm³/mol. The van der Waals surface area contributed by atoms with Crippen molar-refractivity contribution in [2.24, 2.45) is 5.92 Å². The van der Waals surface area contributed by atoms with Crippen LogP contribution < -0.4 is 11.5 Å². The topological polar surface area (TPSA) is 78.3 Å². The van der Waals surface area contributed by atoms with Crippen LogP contribution in [0.25, 0.3) is 0 Å². The number of rotatable bonds is 4. The Hall–Kier alpha value is -1.71. The van der Waals surface area contributed by atoms with E-state index in [1.807, 2.05) is 0 Å². The minimum atomic E-state index is -0.394.